The highest BCUT2D eigenvalue weighted by Gasteiger charge is 2.19. The van der Waals surface area contributed by atoms with Crippen molar-refractivity contribution < 1.29 is 4.79 Å². The number of halogens is 1. The second-order valence-electron chi connectivity index (χ2n) is 4.68. The summed E-state index contributed by atoms with van der Waals surface area (Å²) in [5.41, 5.74) is 3.86. The van der Waals surface area contributed by atoms with Crippen molar-refractivity contribution in [1.82, 2.24) is 0 Å². The fourth-order valence-electron chi connectivity index (χ4n) is 2.38. The van der Waals surface area contributed by atoms with Gasteiger partial charge in [0, 0.05) is 16.2 Å². The van der Waals surface area contributed by atoms with E-state index in [2.05, 4.69) is 0 Å². The highest BCUT2D eigenvalue weighted by molar-refractivity contribution is 6.31. The maximum Gasteiger partial charge on any atom is 0.193 e. The predicted molar refractivity (Wildman–Crippen MR) is 76.2 cm³/mol. The van der Waals surface area contributed by atoms with Crippen LogP contribution in [0.25, 0.3) is 0 Å². The summed E-state index contributed by atoms with van der Waals surface area (Å²) in [6.07, 6.45) is 6.83. The third-order valence-electron chi connectivity index (χ3n) is 3.35. The van der Waals surface area contributed by atoms with E-state index in [4.69, 9.17) is 11.6 Å². The lowest BCUT2D eigenvalue weighted by Crippen LogP contribution is -2.10. The van der Waals surface area contributed by atoms with Crippen molar-refractivity contribution in [3.05, 3.63) is 57.6 Å². The van der Waals surface area contributed by atoms with Crippen LogP contribution in [0.4, 0.5) is 0 Å². The first-order valence-corrected chi connectivity index (χ1v) is 6.67. The third kappa shape index (κ3) is 2.56. The molecular formula is C16H17ClO. The number of rotatable bonds is 1. The van der Waals surface area contributed by atoms with E-state index in [0.29, 0.717) is 5.02 Å². The number of carbonyl (C=O) groups is 1. The molecule has 18 heavy (non-hydrogen) atoms. The Morgan fingerprint density at radius 2 is 2.06 bits per heavy atom. The molecule has 0 unspecified atom stereocenters. The van der Waals surface area contributed by atoms with Crippen molar-refractivity contribution in [1.29, 1.82) is 0 Å². The van der Waals surface area contributed by atoms with Gasteiger partial charge in [-0.2, -0.15) is 0 Å². The molecule has 1 aromatic carbocycles. The molecule has 0 heterocycles. The molecule has 0 aliphatic heterocycles. The smallest absolute Gasteiger partial charge is 0.193 e. The molecular weight excluding hydrogens is 244 g/mol. The van der Waals surface area contributed by atoms with Gasteiger partial charge in [-0.3, -0.25) is 4.79 Å². The molecule has 0 amide bonds. The van der Waals surface area contributed by atoms with Gasteiger partial charge in [0.15, 0.2) is 5.78 Å². The van der Waals surface area contributed by atoms with Gasteiger partial charge >= 0.3 is 0 Å². The number of fused-ring (bicyclic) bond motifs is 1. The Bertz CT molecular complexity index is 538. The summed E-state index contributed by atoms with van der Waals surface area (Å²) < 4.78 is 0. The minimum absolute atomic E-state index is 0.0998. The number of ketones is 1. The van der Waals surface area contributed by atoms with E-state index < -0.39 is 0 Å². The molecule has 0 atom stereocenters. The van der Waals surface area contributed by atoms with Crippen LogP contribution in [0.1, 0.15) is 42.6 Å². The molecule has 1 aromatic rings. The summed E-state index contributed by atoms with van der Waals surface area (Å²) in [6.45, 7) is 3.98. The molecule has 0 bridgehead atoms. The van der Waals surface area contributed by atoms with Gasteiger partial charge in [0.25, 0.3) is 0 Å². The van der Waals surface area contributed by atoms with Crippen LogP contribution in [-0.4, -0.2) is 5.78 Å². The molecule has 1 nitrogen and oxygen atoms in total. The molecule has 1 aliphatic rings. The molecule has 0 radical (unpaired) electrons. The zero-order valence-electron chi connectivity index (χ0n) is 10.8. The van der Waals surface area contributed by atoms with Gasteiger partial charge in [-0.25, -0.2) is 0 Å². The monoisotopic (exact) mass is 260 g/mol. The molecule has 0 N–H and O–H groups in total. The lowest BCUT2D eigenvalue weighted by molar-refractivity contribution is 0.103. The fourth-order valence-corrected chi connectivity index (χ4v) is 2.55. The third-order valence-corrected chi connectivity index (χ3v) is 3.59. The minimum atomic E-state index is 0.0998. The van der Waals surface area contributed by atoms with Gasteiger partial charge < -0.3 is 0 Å². The summed E-state index contributed by atoms with van der Waals surface area (Å²) in [4.78, 5) is 12.6. The molecule has 0 saturated carbocycles. The van der Waals surface area contributed by atoms with E-state index >= 15 is 0 Å². The lowest BCUT2D eigenvalue weighted by atomic mass is 9.88. The molecule has 0 saturated heterocycles. The van der Waals surface area contributed by atoms with Crippen LogP contribution in [0.2, 0.25) is 5.02 Å². The number of benzene rings is 1. The van der Waals surface area contributed by atoms with Gasteiger partial charge in [0.05, 0.1) is 0 Å². The van der Waals surface area contributed by atoms with Crippen LogP contribution in [0.3, 0.4) is 0 Å². The summed E-state index contributed by atoms with van der Waals surface area (Å²) in [5, 5.41) is 0.625. The maximum atomic E-state index is 12.6. The Labute approximate surface area is 113 Å². The standard InChI is InChI=1S/C16H17ClO/c1-3-5-14-11(2)6-4-7-12-8-9-13(17)10-15(12)16(14)18/h3,5,8-10H,4,6-7H2,1-2H3/b5-3-,14-11-. The Morgan fingerprint density at radius 3 is 2.78 bits per heavy atom. The van der Waals surface area contributed by atoms with E-state index in [1.54, 1.807) is 6.07 Å². The zero-order valence-corrected chi connectivity index (χ0v) is 11.6. The molecule has 2 heteroatoms. The number of aryl methyl sites for hydroxylation is 1. The number of hydrogen-bond acceptors (Lipinski definition) is 1. The number of allylic oxidation sites excluding steroid dienone is 4. The first-order chi connectivity index (χ1) is 8.63. The summed E-state index contributed by atoms with van der Waals surface area (Å²) in [6, 6.07) is 5.63. The minimum Gasteiger partial charge on any atom is -0.289 e. The largest absolute Gasteiger partial charge is 0.289 e. The van der Waals surface area contributed by atoms with Gasteiger partial charge in [-0.15, -0.1) is 0 Å². The summed E-state index contributed by atoms with van der Waals surface area (Å²) in [5.74, 6) is 0.0998. The summed E-state index contributed by atoms with van der Waals surface area (Å²) >= 11 is 6.01. The Balaban J connectivity index is 2.57. The van der Waals surface area contributed by atoms with Crippen molar-refractivity contribution in [2.45, 2.75) is 33.1 Å². The molecule has 2 rings (SSSR count). The molecule has 1 aliphatic carbocycles. The predicted octanol–water partition coefficient (Wildman–Crippen LogP) is 4.75. The van der Waals surface area contributed by atoms with E-state index in [0.717, 1.165) is 36.0 Å². The molecule has 94 valence electrons. The molecule has 0 spiro atoms. The molecule has 0 fully saturated rings. The van der Waals surface area contributed by atoms with Crippen LogP contribution >= 0.6 is 11.6 Å². The van der Waals surface area contributed by atoms with E-state index in [1.165, 1.54) is 5.57 Å². The van der Waals surface area contributed by atoms with Crippen LogP contribution in [0.5, 0.6) is 0 Å². The molecule has 0 aromatic heterocycles. The van der Waals surface area contributed by atoms with Crippen LogP contribution in [-0.2, 0) is 6.42 Å². The zero-order chi connectivity index (χ0) is 13.1. The van der Waals surface area contributed by atoms with Gasteiger partial charge in [-0.05, 0) is 50.8 Å². The van der Waals surface area contributed by atoms with Gasteiger partial charge in [0.2, 0.25) is 0 Å². The van der Waals surface area contributed by atoms with E-state index in [-0.39, 0.29) is 5.78 Å². The fraction of sp³-hybridized carbons (Fsp3) is 0.312. The first kappa shape index (κ1) is 13.1. The Kier molecular flexibility index (Phi) is 4.03. The van der Waals surface area contributed by atoms with Crippen LogP contribution in [0, 0.1) is 0 Å². The maximum absolute atomic E-state index is 12.6. The SMILES string of the molecule is C/C=C\C1=C(/C)CCCc2ccc(Cl)cc2C1=O. The number of hydrogen-bond donors (Lipinski definition) is 0. The highest BCUT2D eigenvalue weighted by atomic mass is 35.5. The quantitative estimate of drug-likeness (QED) is 0.712. The van der Waals surface area contributed by atoms with Gasteiger partial charge in [-0.1, -0.05) is 35.4 Å². The van der Waals surface area contributed by atoms with E-state index in [9.17, 15) is 4.79 Å². The normalized spacial score (nSPS) is 20.7. The highest BCUT2D eigenvalue weighted by Crippen LogP contribution is 2.27. The lowest BCUT2D eigenvalue weighted by Gasteiger charge is -2.16. The topological polar surface area (TPSA) is 17.1 Å². The van der Waals surface area contributed by atoms with Crippen molar-refractivity contribution in [3.63, 3.8) is 0 Å². The van der Waals surface area contributed by atoms with Crippen molar-refractivity contribution in [2.75, 3.05) is 0 Å². The Hall–Kier alpha value is -1.34. The average Bonchev–Trinajstić information content (AvgIpc) is 2.35. The Morgan fingerprint density at radius 1 is 1.28 bits per heavy atom. The summed E-state index contributed by atoms with van der Waals surface area (Å²) in [7, 11) is 0. The van der Waals surface area contributed by atoms with Crippen molar-refractivity contribution in [2.24, 2.45) is 0 Å². The van der Waals surface area contributed by atoms with Crippen LogP contribution in [0.15, 0.2) is 41.5 Å². The first-order valence-electron chi connectivity index (χ1n) is 6.29. The van der Waals surface area contributed by atoms with Crippen molar-refractivity contribution >= 4 is 17.4 Å². The second-order valence-corrected chi connectivity index (χ2v) is 5.11. The average molecular weight is 261 g/mol. The van der Waals surface area contributed by atoms with Crippen molar-refractivity contribution in [3.8, 4) is 0 Å². The number of carbonyl (C=O) groups excluding carboxylic acids is 1. The van der Waals surface area contributed by atoms with Gasteiger partial charge in [0.1, 0.15) is 0 Å². The number of Topliss-reactive ketones (excluding diaryl/α,β-unsaturated/α-hetero) is 1. The van der Waals surface area contributed by atoms with Crippen LogP contribution < -0.4 is 0 Å². The van der Waals surface area contributed by atoms with E-state index in [1.807, 2.05) is 38.1 Å². The second kappa shape index (κ2) is 5.53.